The highest BCUT2D eigenvalue weighted by molar-refractivity contribution is 5.92. The minimum absolute atomic E-state index is 0.0697. The number of alkyl halides is 3. The largest absolute Gasteiger partial charge is 0.416 e. The van der Waals surface area contributed by atoms with E-state index in [1.165, 1.54) is 23.7 Å². The fraction of sp³-hybridized carbons (Fsp3) is 0.273. The van der Waals surface area contributed by atoms with Crippen molar-refractivity contribution in [2.24, 2.45) is 0 Å². The maximum atomic E-state index is 13.6. The summed E-state index contributed by atoms with van der Waals surface area (Å²) in [6.07, 6.45) is -1.41. The summed E-state index contributed by atoms with van der Waals surface area (Å²) in [5, 5.41) is 26.1. The third-order valence-corrected chi connectivity index (χ3v) is 7.66. The average Bonchev–Trinajstić information content (AvgIpc) is 3.75. The van der Waals surface area contributed by atoms with Gasteiger partial charge < -0.3 is 9.88 Å². The van der Waals surface area contributed by atoms with Crippen molar-refractivity contribution in [2.45, 2.75) is 57.8 Å². The number of nitrogens with zero attached hydrogens (tertiary/aromatic N) is 5. The van der Waals surface area contributed by atoms with Gasteiger partial charge in [0.05, 0.1) is 5.56 Å². The number of hydrogen-bond donors (Lipinski definition) is 4. The zero-order valence-electron chi connectivity index (χ0n) is 25.5. The Bertz CT molecular complexity index is 1800. The van der Waals surface area contributed by atoms with Gasteiger partial charge in [0.2, 0.25) is 11.7 Å². The van der Waals surface area contributed by atoms with Crippen LogP contribution in [0, 0.1) is 0 Å². The van der Waals surface area contributed by atoms with Crippen LogP contribution < -0.4 is 10.8 Å². The summed E-state index contributed by atoms with van der Waals surface area (Å²) in [5.74, 6) is -0.332. The number of rotatable bonds is 13. The zero-order valence-corrected chi connectivity index (χ0v) is 25.5. The van der Waals surface area contributed by atoms with E-state index in [1.807, 2.05) is 60.0 Å². The topological polar surface area (TPSA) is 151 Å². The fourth-order valence-electron chi connectivity index (χ4n) is 5.37. The Morgan fingerprint density at radius 1 is 1.00 bits per heavy atom. The summed E-state index contributed by atoms with van der Waals surface area (Å²) in [6.45, 7) is 2.46. The molecule has 2 heterocycles. The van der Waals surface area contributed by atoms with Gasteiger partial charge in [0.25, 0.3) is 5.91 Å². The Balaban J connectivity index is 1.36. The molecule has 2 amide bonds. The van der Waals surface area contributed by atoms with Crippen molar-refractivity contribution in [3.63, 3.8) is 0 Å². The Hall–Kier alpha value is -5.37. The van der Waals surface area contributed by atoms with Crippen LogP contribution in [0.25, 0.3) is 22.5 Å². The first-order chi connectivity index (χ1) is 22.7. The lowest BCUT2D eigenvalue weighted by atomic mass is 9.97. The van der Waals surface area contributed by atoms with E-state index in [1.54, 1.807) is 6.20 Å². The Kier molecular flexibility index (Phi) is 10.4. The quantitative estimate of drug-likeness (QED) is 0.0991. The molecule has 4 N–H and O–H groups in total. The number of unbranched alkanes of at least 4 members (excludes halogenated alkanes) is 1. The molecular formula is C33H33F3N8O3. The first-order valence-corrected chi connectivity index (χ1v) is 15.0. The lowest BCUT2D eigenvalue weighted by Crippen LogP contribution is -2.40. The van der Waals surface area contributed by atoms with Crippen LogP contribution in [0.1, 0.15) is 59.2 Å². The van der Waals surface area contributed by atoms with E-state index in [2.05, 4.69) is 30.9 Å². The van der Waals surface area contributed by atoms with E-state index in [0.717, 1.165) is 41.2 Å². The van der Waals surface area contributed by atoms with Crippen molar-refractivity contribution in [1.29, 1.82) is 0 Å². The van der Waals surface area contributed by atoms with E-state index >= 15 is 0 Å². The normalized spacial score (nSPS) is 12.1. The second kappa shape index (κ2) is 14.8. The Morgan fingerprint density at radius 2 is 1.72 bits per heavy atom. The summed E-state index contributed by atoms with van der Waals surface area (Å²) >= 11 is 0. The first-order valence-electron chi connectivity index (χ1n) is 15.0. The molecule has 0 aliphatic carbocycles. The molecule has 0 unspecified atom stereocenters. The monoisotopic (exact) mass is 646 g/mol. The number of aryl methyl sites for hydroxylation is 1. The van der Waals surface area contributed by atoms with Gasteiger partial charge in [0.15, 0.2) is 0 Å². The van der Waals surface area contributed by atoms with Crippen molar-refractivity contribution in [1.82, 2.24) is 41.0 Å². The minimum Gasteiger partial charge on any atom is -0.347 e. The van der Waals surface area contributed by atoms with E-state index in [4.69, 9.17) is 5.21 Å². The molecule has 11 nitrogen and oxygen atoms in total. The highest BCUT2D eigenvalue weighted by atomic mass is 19.4. The van der Waals surface area contributed by atoms with Gasteiger partial charge in [-0.1, -0.05) is 80.1 Å². The fourth-order valence-corrected chi connectivity index (χ4v) is 5.37. The number of aromatic amines is 1. The molecule has 1 atom stereocenters. The summed E-state index contributed by atoms with van der Waals surface area (Å²) in [6, 6.07) is 19.6. The molecule has 244 valence electrons. The number of hydrogen-bond acceptors (Lipinski definition) is 7. The number of hydroxylamine groups is 1. The molecule has 0 saturated heterocycles. The third kappa shape index (κ3) is 8.27. The van der Waals surface area contributed by atoms with Gasteiger partial charge in [-0.25, -0.2) is 10.5 Å². The molecule has 47 heavy (non-hydrogen) atoms. The summed E-state index contributed by atoms with van der Waals surface area (Å²) in [7, 11) is 0. The number of imidazole rings is 1. The second-order valence-electron chi connectivity index (χ2n) is 11.0. The van der Waals surface area contributed by atoms with Crippen LogP contribution in [0.2, 0.25) is 0 Å². The number of amides is 2. The predicted molar refractivity (Wildman–Crippen MR) is 166 cm³/mol. The van der Waals surface area contributed by atoms with Crippen LogP contribution in [0.3, 0.4) is 0 Å². The molecule has 0 aliphatic rings. The first kappa shape index (κ1) is 33.0. The minimum atomic E-state index is -4.62. The molecule has 0 radical (unpaired) electrons. The van der Waals surface area contributed by atoms with Crippen LogP contribution in [-0.2, 0) is 30.4 Å². The summed E-state index contributed by atoms with van der Waals surface area (Å²) < 4.78 is 42.8. The molecule has 5 aromatic rings. The lowest BCUT2D eigenvalue weighted by Gasteiger charge is -2.20. The summed E-state index contributed by atoms with van der Waals surface area (Å²) in [5.41, 5.74) is 4.28. The molecule has 5 rings (SSSR count). The van der Waals surface area contributed by atoms with E-state index in [0.29, 0.717) is 24.6 Å². The van der Waals surface area contributed by atoms with Crippen LogP contribution in [-0.4, -0.2) is 53.2 Å². The van der Waals surface area contributed by atoms with Crippen molar-refractivity contribution in [3.05, 3.63) is 107 Å². The van der Waals surface area contributed by atoms with E-state index < -0.39 is 36.0 Å². The number of aromatic nitrogens is 6. The van der Waals surface area contributed by atoms with E-state index in [9.17, 15) is 22.8 Å². The number of benzene rings is 3. The smallest absolute Gasteiger partial charge is 0.347 e. The highest BCUT2D eigenvalue weighted by Gasteiger charge is 2.34. The number of H-pyrrole nitrogens is 1. The van der Waals surface area contributed by atoms with Crippen molar-refractivity contribution in [3.8, 4) is 22.5 Å². The standard InChI is InChI=1S/C33H33F3N8O3/c1-2-3-12-29-38-28(32(46)37-24(18-30(45)41-47)17-23-8-4-7-11-27(23)33(34,35)36)20-44(29)19-21-13-15-22(16-14-21)25-9-5-6-10-26(25)31-39-42-43-40-31/h4-11,13-16,20,24,47H,2-3,12,17-19H2,1H3,(H,37,46)(H,41,45)(H,39,40,42,43)/t24-/m1/s1. The average molecular weight is 647 g/mol. The Morgan fingerprint density at radius 3 is 2.40 bits per heavy atom. The zero-order chi connectivity index (χ0) is 33.4. The van der Waals surface area contributed by atoms with Crippen LogP contribution in [0.5, 0.6) is 0 Å². The molecule has 0 fully saturated rings. The van der Waals surface area contributed by atoms with Gasteiger partial charge in [-0.2, -0.15) is 18.4 Å². The summed E-state index contributed by atoms with van der Waals surface area (Å²) in [4.78, 5) is 30.0. The molecule has 14 heteroatoms. The van der Waals surface area contributed by atoms with E-state index in [-0.39, 0.29) is 17.7 Å². The predicted octanol–water partition coefficient (Wildman–Crippen LogP) is 5.38. The molecule has 0 bridgehead atoms. The van der Waals surface area contributed by atoms with Gasteiger partial charge in [-0.3, -0.25) is 14.8 Å². The molecule has 0 saturated carbocycles. The number of halogens is 3. The van der Waals surface area contributed by atoms with Gasteiger partial charge in [0, 0.05) is 37.2 Å². The molecule has 0 spiro atoms. The van der Waals surface area contributed by atoms with Gasteiger partial charge in [-0.15, -0.1) is 10.2 Å². The third-order valence-electron chi connectivity index (χ3n) is 7.66. The number of tetrazole rings is 1. The number of carbonyl (C=O) groups is 2. The SMILES string of the molecule is CCCCc1nc(C(=O)N[C@@H](CC(=O)NO)Cc2ccccc2C(F)(F)F)cn1Cc1ccc(-c2ccccc2-c2nn[nH]n2)cc1. The molecule has 3 aromatic carbocycles. The van der Waals surface area contributed by atoms with Gasteiger partial charge >= 0.3 is 6.18 Å². The molecular weight excluding hydrogens is 613 g/mol. The maximum Gasteiger partial charge on any atom is 0.416 e. The van der Waals surface area contributed by atoms with Crippen LogP contribution in [0.4, 0.5) is 13.2 Å². The van der Waals surface area contributed by atoms with Crippen molar-refractivity contribution < 1.29 is 28.0 Å². The van der Waals surface area contributed by atoms with Crippen molar-refractivity contribution in [2.75, 3.05) is 0 Å². The second-order valence-corrected chi connectivity index (χ2v) is 11.0. The number of carbonyl (C=O) groups excluding carboxylic acids is 2. The number of nitrogens with one attached hydrogen (secondary N) is 3. The van der Waals surface area contributed by atoms with Crippen molar-refractivity contribution >= 4 is 11.8 Å². The van der Waals surface area contributed by atoms with Gasteiger partial charge in [0.1, 0.15) is 11.5 Å². The highest BCUT2D eigenvalue weighted by Crippen LogP contribution is 2.33. The lowest BCUT2D eigenvalue weighted by molar-refractivity contribution is -0.138. The molecule has 2 aromatic heterocycles. The van der Waals surface area contributed by atoms with Gasteiger partial charge in [-0.05, 0) is 46.4 Å². The maximum absolute atomic E-state index is 13.6. The Labute approximate surface area is 268 Å². The molecule has 0 aliphatic heterocycles. The van der Waals surface area contributed by atoms with Crippen LogP contribution in [0.15, 0.2) is 79.0 Å². The van der Waals surface area contributed by atoms with Crippen LogP contribution >= 0.6 is 0 Å².